The lowest BCUT2D eigenvalue weighted by Crippen LogP contribution is -2.38. The van der Waals surface area contributed by atoms with Crippen LogP contribution in [0, 0.1) is 0 Å². The summed E-state index contributed by atoms with van der Waals surface area (Å²) in [6.45, 7) is 13.2. The molecule has 4 atom stereocenters. The number of rotatable bonds is 10. The van der Waals surface area contributed by atoms with Crippen LogP contribution in [0.3, 0.4) is 0 Å². The van der Waals surface area contributed by atoms with Crippen LogP contribution in [0.2, 0.25) is 0 Å². The van der Waals surface area contributed by atoms with Gasteiger partial charge in [0, 0.05) is 0 Å². The third-order valence-electron chi connectivity index (χ3n) is 4.12. The molecule has 1 aromatic carbocycles. The van der Waals surface area contributed by atoms with Gasteiger partial charge in [-0.1, -0.05) is 44.2 Å². The minimum Gasteiger partial charge on any atom is -0.365 e. The molecule has 0 radical (unpaired) electrons. The van der Waals surface area contributed by atoms with Crippen molar-refractivity contribution in [2.24, 2.45) is 0 Å². The van der Waals surface area contributed by atoms with Gasteiger partial charge >= 0.3 is 0 Å². The van der Waals surface area contributed by atoms with Crippen LogP contribution in [0.25, 0.3) is 0 Å². The monoisotopic (exact) mass is 430 g/mol. The highest BCUT2D eigenvalue weighted by molar-refractivity contribution is 7.47. The Morgan fingerprint density at radius 2 is 1.62 bits per heavy atom. The lowest BCUT2D eigenvalue weighted by molar-refractivity contribution is -0.263. The van der Waals surface area contributed by atoms with Gasteiger partial charge in [-0.15, -0.1) is 0 Å². The van der Waals surface area contributed by atoms with Crippen LogP contribution < -0.4 is 0 Å². The van der Waals surface area contributed by atoms with Gasteiger partial charge in [-0.05, 0) is 33.3 Å². The summed E-state index contributed by atoms with van der Waals surface area (Å²) in [5, 5.41) is 0. The molecule has 0 bridgehead atoms. The van der Waals surface area contributed by atoms with Crippen molar-refractivity contribution >= 4 is 8.38 Å². The molecule has 0 aliphatic carbocycles. The molecule has 0 spiro atoms. The lowest BCUT2D eigenvalue weighted by atomic mass is 10.2. The molecule has 0 amide bonds. The smallest absolute Gasteiger partial charge is 0.198 e. The SMILES string of the molecule is CC.CCOP(COC1OC2OC(C)(C)OC2C1OCc1ccccc1)OCC. The molecule has 0 saturated carbocycles. The number of fused-ring (bicyclic) bond motifs is 1. The summed E-state index contributed by atoms with van der Waals surface area (Å²) in [5.41, 5.74) is 1.07. The number of ether oxygens (including phenoxy) is 5. The zero-order valence-electron chi connectivity index (χ0n) is 18.3. The van der Waals surface area contributed by atoms with Gasteiger partial charge in [0.2, 0.25) is 0 Å². The van der Waals surface area contributed by atoms with E-state index in [9.17, 15) is 0 Å². The van der Waals surface area contributed by atoms with Gasteiger partial charge in [0.1, 0.15) is 18.6 Å². The highest BCUT2D eigenvalue weighted by Gasteiger charge is 2.56. The second kappa shape index (κ2) is 12.3. The molecular weight excluding hydrogens is 395 g/mol. The third kappa shape index (κ3) is 7.23. The molecule has 2 aliphatic rings. The summed E-state index contributed by atoms with van der Waals surface area (Å²) in [6, 6.07) is 9.97. The summed E-state index contributed by atoms with van der Waals surface area (Å²) < 4.78 is 41.0. The quantitative estimate of drug-likeness (QED) is 0.495. The summed E-state index contributed by atoms with van der Waals surface area (Å²) in [5.74, 6) is -0.710. The summed E-state index contributed by atoms with van der Waals surface area (Å²) in [4.78, 5) is 0. The molecule has 2 aliphatic heterocycles. The fourth-order valence-corrected chi connectivity index (χ4v) is 4.13. The largest absolute Gasteiger partial charge is 0.365 e. The van der Waals surface area contributed by atoms with Gasteiger partial charge in [0.05, 0.1) is 19.8 Å². The van der Waals surface area contributed by atoms with Crippen LogP contribution in [0.4, 0.5) is 0 Å². The lowest BCUT2D eigenvalue weighted by Gasteiger charge is -2.27. The van der Waals surface area contributed by atoms with Crippen molar-refractivity contribution in [3.63, 3.8) is 0 Å². The maximum atomic E-state index is 6.13. The molecule has 2 heterocycles. The van der Waals surface area contributed by atoms with Crippen LogP contribution in [0.1, 0.15) is 47.1 Å². The molecule has 4 unspecified atom stereocenters. The van der Waals surface area contributed by atoms with Gasteiger partial charge in [0.25, 0.3) is 0 Å². The molecule has 29 heavy (non-hydrogen) atoms. The van der Waals surface area contributed by atoms with E-state index in [-0.39, 0.29) is 6.10 Å². The van der Waals surface area contributed by atoms with Crippen molar-refractivity contribution in [3.05, 3.63) is 35.9 Å². The molecule has 166 valence electrons. The van der Waals surface area contributed by atoms with Crippen molar-refractivity contribution in [1.82, 2.24) is 0 Å². The molecule has 0 N–H and O–H groups in total. The molecule has 2 saturated heterocycles. The van der Waals surface area contributed by atoms with E-state index in [2.05, 4.69) is 0 Å². The molecule has 3 rings (SSSR count). The highest BCUT2D eigenvalue weighted by atomic mass is 31.2. The predicted molar refractivity (Wildman–Crippen MR) is 111 cm³/mol. The van der Waals surface area contributed by atoms with Gasteiger partial charge in [-0.3, -0.25) is 0 Å². The van der Waals surface area contributed by atoms with Gasteiger partial charge in [-0.2, -0.15) is 0 Å². The first-order valence-electron chi connectivity index (χ1n) is 10.3. The average Bonchev–Trinajstić information content (AvgIpc) is 3.18. The van der Waals surface area contributed by atoms with Gasteiger partial charge < -0.3 is 32.7 Å². The number of hydrogen-bond acceptors (Lipinski definition) is 7. The van der Waals surface area contributed by atoms with Crippen molar-refractivity contribution in [1.29, 1.82) is 0 Å². The Hall–Kier alpha value is -0.630. The Labute approximate surface area is 175 Å². The van der Waals surface area contributed by atoms with E-state index in [1.807, 2.05) is 71.9 Å². The van der Waals surface area contributed by atoms with E-state index in [1.54, 1.807) is 0 Å². The average molecular weight is 430 g/mol. The Bertz CT molecular complexity index is 565. The number of hydrogen-bond donors (Lipinski definition) is 0. The normalized spacial score (nSPS) is 27.6. The topological polar surface area (TPSA) is 64.6 Å². The molecule has 2 fully saturated rings. The first-order valence-corrected chi connectivity index (χ1v) is 11.7. The second-order valence-electron chi connectivity index (χ2n) is 6.70. The second-order valence-corrected chi connectivity index (χ2v) is 8.14. The van der Waals surface area contributed by atoms with Crippen LogP contribution in [-0.2, 0) is 39.3 Å². The zero-order valence-corrected chi connectivity index (χ0v) is 19.2. The molecule has 0 aromatic heterocycles. The maximum Gasteiger partial charge on any atom is 0.198 e. The molecule has 1 aromatic rings. The summed E-state index contributed by atoms with van der Waals surface area (Å²) in [7, 11) is -1.12. The Kier molecular flexibility index (Phi) is 10.4. The fraction of sp³-hybridized carbons (Fsp3) is 0.714. The van der Waals surface area contributed by atoms with E-state index in [1.165, 1.54) is 0 Å². The van der Waals surface area contributed by atoms with Crippen molar-refractivity contribution in [2.75, 3.05) is 19.6 Å². The standard InChI is InChI=1S/C19H29O7P.C2H6/c1-5-22-27(23-6-2)13-21-17-15(20-12-14-10-8-7-9-11-14)16-18(24-17)26-19(3,4)25-16;1-2/h7-11,15-18H,5-6,12-13H2,1-4H3;1-2H3. The Morgan fingerprint density at radius 3 is 2.24 bits per heavy atom. The minimum absolute atomic E-state index is 0.301. The van der Waals surface area contributed by atoms with Crippen LogP contribution in [-0.4, -0.2) is 50.1 Å². The first-order chi connectivity index (χ1) is 14.0. The van der Waals surface area contributed by atoms with Crippen LogP contribution in [0.15, 0.2) is 30.3 Å². The van der Waals surface area contributed by atoms with E-state index >= 15 is 0 Å². The van der Waals surface area contributed by atoms with Crippen molar-refractivity contribution in [2.45, 2.75) is 78.7 Å². The highest BCUT2D eigenvalue weighted by Crippen LogP contribution is 2.42. The third-order valence-corrected chi connectivity index (χ3v) is 5.58. The fourth-order valence-electron chi connectivity index (χ4n) is 3.06. The maximum absolute atomic E-state index is 6.13. The summed E-state index contributed by atoms with van der Waals surface area (Å²) in [6.07, 6.45) is -1.58. The van der Waals surface area contributed by atoms with Crippen molar-refractivity contribution < 1.29 is 32.7 Å². The van der Waals surface area contributed by atoms with Crippen LogP contribution in [0.5, 0.6) is 0 Å². The minimum atomic E-state index is -1.12. The number of benzene rings is 1. The summed E-state index contributed by atoms with van der Waals surface area (Å²) >= 11 is 0. The zero-order chi connectivity index (χ0) is 21.3. The first kappa shape index (κ1) is 24.6. The van der Waals surface area contributed by atoms with Gasteiger partial charge in [0.15, 0.2) is 26.7 Å². The Morgan fingerprint density at radius 1 is 0.966 bits per heavy atom. The van der Waals surface area contributed by atoms with E-state index < -0.39 is 32.8 Å². The van der Waals surface area contributed by atoms with Crippen molar-refractivity contribution in [3.8, 4) is 0 Å². The van der Waals surface area contributed by atoms with E-state index in [0.717, 1.165) is 5.56 Å². The van der Waals surface area contributed by atoms with Crippen LogP contribution >= 0.6 is 8.38 Å². The van der Waals surface area contributed by atoms with E-state index in [4.69, 9.17) is 32.7 Å². The van der Waals surface area contributed by atoms with Gasteiger partial charge in [-0.25, -0.2) is 0 Å². The molecule has 7 nitrogen and oxygen atoms in total. The van der Waals surface area contributed by atoms with E-state index in [0.29, 0.717) is 26.2 Å². The molecular formula is C21H35O7P. The Balaban J connectivity index is 0.00000145. The predicted octanol–water partition coefficient (Wildman–Crippen LogP) is 4.79. The molecule has 8 heteroatoms.